The third-order valence-electron chi connectivity index (χ3n) is 4.80. The van der Waals surface area contributed by atoms with E-state index in [4.69, 9.17) is 9.15 Å². The highest BCUT2D eigenvalue weighted by Gasteiger charge is 2.27. The molecule has 8 heteroatoms. The van der Waals surface area contributed by atoms with E-state index in [2.05, 4.69) is 5.32 Å². The molecular weight excluding hydrogens is 448 g/mol. The first kappa shape index (κ1) is 24.8. The molecule has 1 N–H and O–H groups in total. The molecule has 2 aromatic carbocycles. The zero-order chi connectivity index (χ0) is 24.5. The van der Waals surface area contributed by atoms with E-state index in [-0.39, 0.29) is 11.1 Å². The summed E-state index contributed by atoms with van der Waals surface area (Å²) in [5.41, 5.74) is 0.413. The fourth-order valence-corrected chi connectivity index (χ4v) is 4.08. The number of anilines is 1. The monoisotopic (exact) mass is 475 g/mol. The molecule has 5 nitrogen and oxygen atoms in total. The van der Waals surface area contributed by atoms with E-state index < -0.39 is 34.8 Å². The highest BCUT2D eigenvalue weighted by Crippen LogP contribution is 2.32. The van der Waals surface area contributed by atoms with Crippen LogP contribution in [0.3, 0.4) is 0 Å². The van der Waals surface area contributed by atoms with Gasteiger partial charge in [0.25, 0.3) is 0 Å². The highest BCUT2D eigenvalue weighted by atomic mass is 32.2. The maximum absolute atomic E-state index is 14.7. The number of rotatable bonds is 6. The van der Waals surface area contributed by atoms with Crippen LogP contribution < -0.4 is 10.7 Å². The molecule has 1 heterocycles. The van der Waals surface area contributed by atoms with Gasteiger partial charge in [0.1, 0.15) is 16.7 Å². The van der Waals surface area contributed by atoms with Crippen molar-refractivity contribution in [3.63, 3.8) is 0 Å². The SMILES string of the molecule is CCSc1cc(=O)c2cc(C)cc(C(C)Nc3ccc(F)c(F)c3C(=O)OC(C)(C)C)c2o1. The van der Waals surface area contributed by atoms with Gasteiger partial charge in [0, 0.05) is 11.6 Å². The van der Waals surface area contributed by atoms with E-state index in [1.54, 1.807) is 33.8 Å². The third-order valence-corrected chi connectivity index (χ3v) is 5.58. The number of esters is 1. The van der Waals surface area contributed by atoms with E-state index in [9.17, 15) is 18.4 Å². The van der Waals surface area contributed by atoms with E-state index in [1.165, 1.54) is 23.9 Å². The van der Waals surface area contributed by atoms with Crippen LogP contribution in [0.4, 0.5) is 14.5 Å². The van der Waals surface area contributed by atoms with Gasteiger partial charge in [-0.3, -0.25) is 4.79 Å². The summed E-state index contributed by atoms with van der Waals surface area (Å²) in [5, 5.41) is 4.00. The number of fused-ring (bicyclic) bond motifs is 1. The lowest BCUT2D eigenvalue weighted by Crippen LogP contribution is -2.25. The predicted molar refractivity (Wildman–Crippen MR) is 127 cm³/mol. The highest BCUT2D eigenvalue weighted by molar-refractivity contribution is 7.99. The third kappa shape index (κ3) is 5.55. The van der Waals surface area contributed by atoms with Crippen LogP contribution >= 0.6 is 11.8 Å². The summed E-state index contributed by atoms with van der Waals surface area (Å²) in [6.07, 6.45) is 0. The second-order valence-corrected chi connectivity index (χ2v) is 10.0. The number of nitrogens with one attached hydrogen (secondary N) is 1. The van der Waals surface area contributed by atoms with Crippen molar-refractivity contribution < 1.29 is 22.7 Å². The summed E-state index contributed by atoms with van der Waals surface area (Å²) in [4.78, 5) is 25.3. The van der Waals surface area contributed by atoms with Crippen molar-refractivity contribution in [1.82, 2.24) is 0 Å². The van der Waals surface area contributed by atoms with Gasteiger partial charge in [0.15, 0.2) is 22.2 Å². The fraction of sp³-hybridized carbons (Fsp3) is 0.360. The van der Waals surface area contributed by atoms with Crippen molar-refractivity contribution in [2.75, 3.05) is 11.1 Å². The molecule has 0 saturated carbocycles. The lowest BCUT2D eigenvalue weighted by molar-refractivity contribution is 0.00648. The van der Waals surface area contributed by atoms with Gasteiger partial charge in [-0.1, -0.05) is 24.8 Å². The molecule has 0 saturated heterocycles. The van der Waals surface area contributed by atoms with Crippen LogP contribution in [-0.4, -0.2) is 17.3 Å². The lowest BCUT2D eigenvalue weighted by atomic mass is 10.0. The Balaban J connectivity index is 2.10. The summed E-state index contributed by atoms with van der Waals surface area (Å²) in [5.74, 6) is -2.68. The Morgan fingerprint density at radius 2 is 1.91 bits per heavy atom. The average molecular weight is 476 g/mol. The molecule has 0 fully saturated rings. The molecule has 0 aliphatic rings. The van der Waals surface area contributed by atoms with Crippen molar-refractivity contribution in [2.45, 2.75) is 58.3 Å². The molecule has 1 unspecified atom stereocenters. The van der Waals surface area contributed by atoms with Crippen LogP contribution in [0, 0.1) is 18.6 Å². The van der Waals surface area contributed by atoms with Crippen molar-refractivity contribution in [3.05, 3.63) is 68.9 Å². The molecule has 0 bridgehead atoms. The second kappa shape index (κ2) is 9.55. The quantitative estimate of drug-likeness (QED) is 0.319. The molecule has 1 atom stereocenters. The summed E-state index contributed by atoms with van der Waals surface area (Å²) < 4.78 is 39.9. The molecule has 3 rings (SSSR count). The number of thioether (sulfide) groups is 1. The number of aryl methyl sites for hydroxylation is 1. The molecule has 176 valence electrons. The van der Waals surface area contributed by atoms with Crippen LogP contribution in [0.25, 0.3) is 11.0 Å². The van der Waals surface area contributed by atoms with Gasteiger partial charge in [-0.15, -0.1) is 0 Å². The minimum Gasteiger partial charge on any atom is -0.456 e. The molecule has 0 aliphatic heterocycles. The molecule has 0 spiro atoms. The average Bonchev–Trinajstić information content (AvgIpc) is 2.70. The molecule has 0 aliphatic carbocycles. The molecule has 0 radical (unpaired) electrons. The zero-order valence-corrected chi connectivity index (χ0v) is 20.3. The molecule has 1 aromatic heterocycles. The van der Waals surface area contributed by atoms with Crippen LogP contribution in [0.15, 0.2) is 44.6 Å². The first-order valence-corrected chi connectivity index (χ1v) is 11.6. The zero-order valence-electron chi connectivity index (χ0n) is 19.5. The summed E-state index contributed by atoms with van der Waals surface area (Å²) >= 11 is 1.41. The normalized spacial score (nSPS) is 12.6. The topological polar surface area (TPSA) is 68.5 Å². The smallest absolute Gasteiger partial charge is 0.343 e. The maximum Gasteiger partial charge on any atom is 0.343 e. The van der Waals surface area contributed by atoms with E-state index in [0.29, 0.717) is 21.6 Å². The number of carbonyl (C=O) groups excluding carboxylic acids is 1. The molecule has 33 heavy (non-hydrogen) atoms. The fourth-order valence-electron chi connectivity index (χ4n) is 3.46. The first-order valence-electron chi connectivity index (χ1n) is 10.6. The number of hydrogen-bond donors (Lipinski definition) is 1. The minimum absolute atomic E-state index is 0.0757. The van der Waals surface area contributed by atoms with Crippen LogP contribution in [0.5, 0.6) is 0 Å². The number of carbonyl (C=O) groups is 1. The molecule has 3 aromatic rings. The van der Waals surface area contributed by atoms with Gasteiger partial charge in [0.2, 0.25) is 0 Å². The van der Waals surface area contributed by atoms with E-state index >= 15 is 0 Å². The van der Waals surface area contributed by atoms with E-state index in [1.807, 2.05) is 19.9 Å². The van der Waals surface area contributed by atoms with Crippen molar-refractivity contribution in [3.8, 4) is 0 Å². The van der Waals surface area contributed by atoms with Gasteiger partial charge in [0.05, 0.1) is 17.1 Å². The van der Waals surface area contributed by atoms with E-state index in [0.717, 1.165) is 17.4 Å². The van der Waals surface area contributed by atoms with Crippen LogP contribution in [-0.2, 0) is 4.74 Å². The van der Waals surface area contributed by atoms with Gasteiger partial charge < -0.3 is 14.5 Å². The largest absolute Gasteiger partial charge is 0.456 e. The Bertz CT molecular complexity index is 1260. The summed E-state index contributed by atoms with van der Waals surface area (Å²) in [6.45, 7) is 10.5. The molecular formula is C25H27F2NO4S. The Hall–Kier alpha value is -2.87. The van der Waals surface area contributed by atoms with Gasteiger partial charge >= 0.3 is 5.97 Å². The Morgan fingerprint density at radius 3 is 2.55 bits per heavy atom. The lowest BCUT2D eigenvalue weighted by Gasteiger charge is -2.23. The Labute approximate surface area is 195 Å². The number of hydrogen-bond acceptors (Lipinski definition) is 6. The summed E-state index contributed by atoms with van der Waals surface area (Å²) in [7, 11) is 0. The first-order chi connectivity index (χ1) is 15.4. The number of halogens is 2. The minimum atomic E-state index is -1.29. The van der Waals surface area contributed by atoms with Crippen LogP contribution in [0.2, 0.25) is 0 Å². The maximum atomic E-state index is 14.7. The Kier molecular flexibility index (Phi) is 7.17. The van der Waals surface area contributed by atoms with Gasteiger partial charge in [-0.25, -0.2) is 13.6 Å². The van der Waals surface area contributed by atoms with Gasteiger partial charge in [-0.05, 0) is 64.1 Å². The number of ether oxygens (including phenoxy) is 1. The Morgan fingerprint density at radius 1 is 1.21 bits per heavy atom. The predicted octanol–water partition coefficient (Wildman–Crippen LogP) is 6.62. The standard InChI is InChI=1S/C25H27F2NO4S/c1-7-33-20-12-19(29)16-11-13(2)10-15(23(16)31-20)14(3)28-18-9-8-17(26)22(27)21(18)24(30)32-25(4,5)6/h8-12,14,28H,7H2,1-6H3. The molecule has 0 amide bonds. The van der Waals surface area contributed by atoms with Gasteiger partial charge in [-0.2, -0.15) is 0 Å². The van der Waals surface area contributed by atoms with Crippen molar-refractivity contribution >= 4 is 34.4 Å². The van der Waals surface area contributed by atoms with Crippen LogP contribution in [0.1, 0.15) is 62.1 Å². The summed E-state index contributed by atoms with van der Waals surface area (Å²) in [6, 6.07) is 6.80. The van der Waals surface area contributed by atoms with Crippen molar-refractivity contribution in [1.29, 1.82) is 0 Å². The number of benzene rings is 2. The van der Waals surface area contributed by atoms with Crippen molar-refractivity contribution in [2.24, 2.45) is 0 Å². The second-order valence-electron chi connectivity index (χ2n) is 8.75.